The molecule has 0 unspecified atom stereocenters. The van der Waals surface area contributed by atoms with Crippen LogP contribution in [0.3, 0.4) is 0 Å². The van der Waals surface area contributed by atoms with E-state index in [0.717, 1.165) is 6.07 Å². The van der Waals surface area contributed by atoms with E-state index in [0.29, 0.717) is 19.8 Å². The molecule has 0 spiro atoms. The first-order chi connectivity index (χ1) is 13.4. The zero-order valence-corrected chi connectivity index (χ0v) is 15.1. The van der Waals surface area contributed by atoms with Crippen LogP contribution in [0.4, 0.5) is 20.5 Å². The van der Waals surface area contributed by atoms with E-state index in [1.54, 1.807) is 0 Å². The summed E-state index contributed by atoms with van der Waals surface area (Å²) in [6.45, 7) is 3.41. The lowest BCUT2D eigenvalue weighted by Gasteiger charge is -2.33. The molecule has 0 saturated carbocycles. The number of allylic oxidation sites excluding steroid dienone is 1. The van der Waals surface area contributed by atoms with Crippen LogP contribution in [0, 0.1) is 5.41 Å². The predicted octanol–water partition coefficient (Wildman–Crippen LogP) is 1.52. The Morgan fingerprint density at radius 2 is 2.18 bits per heavy atom. The highest BCUT2D eigenvalue weighted by molar-refractivity contribution is 6.04. The van der Waals surface area contributed by atoms with Gasteiger partial charge in [-0.3, -0.25) is 5.41 Å². The SMILES string of the molecule is C[C@@H]1COCCN1c1nc(C(=N)/C=C\N)nc(-c2cnc(N)cc2C(F)F)n1. The van der Waals surface area contributed by atoms with Crippen molar-refractivity contribution in [2.24, 2.45) is 5.73 Å². The molecule has 1 saturated heterocycles. The summed E-state index contributed by atoms with van der Waals surface area (Å²) >= 11 is 0. The van der Waals surface area contributed by atoms with Crippen molar-refractivity contribution < 1.29 is 13.5 Å². The second kappa shape index (κ2) is 8.21. The normalized spacial score (nSPS) is 17.4. The molecule has 1 atom stereocenters. The predicted molar refractivity (Wildman–Crippen MR) is 100 cm³/mol. The van der Waals surface area contributed by atoms with E-state index in [4.69, 9.17) is 21.6 Å². The van der Waals surface area contributed by atoms with Crippen LogP contribution in [-0.2, 0) is 4.74 Å². The fraction of sp³-hybridized carbons (Fsp3) is 0.353. The summed E-state index contributed by atoms with van der Waals surface area (Å²) in [5.74, 6) is 0.228. The van der Waals surface area contributed by atoms with Gasteiger partial charge in [-0.2, -0.15) is 9.97 Å². The molecule has 11 heteroatoms. The van der Waals surface area contributed by atoms with Gasteiger partial charge < -0.3 is 21.1 Å². The zero-order chi connectivity index (χ0) is 20.3. The standard InChI is InChI=1S/C17H20F2N8O/c1-9-8-28-5-4-27(9)17-25-15(24-16(26-17)12(21)2-3-20)11-7-23-13(22)6-10(11)14(18)19/h2-3,6-7,9,14,21H,4-5,8,20H2,1H3,(H2,22,23)/b3-2-,21-12?/t9-/m1/s1. The van der Waals surface area contributed by atoms with E-state index in [2.05, 4.69) is 19.9 Å². The minimum Gasteiger partial charge on any atom is -0.405 e. The molecule has 0 amide bonds. The smallest absolute Gasteiger partial charge is 0.264 e. The zero-order valence-electron chi connectivity index (χ0n) is 15.1. The van der Waals surface area contributed by atoms with Crippen LogP contribution in [0.25, 0.3) is 11.4 Å². The second-order valence-corrected chi connectivity index (χ2v) is 6.17. The highest BCUT2D eigenvalue weighted by atomic mass is 19.3. The summed E-state index contributed by atoms with van der Waals surface area (Å²) in [5, 5.41) is 8.08. The van der Waals surface area contributed by atoms with Crippen LogP contribution in [-0.4, -0.2) is 51.4 Å². The van der Waals surface area contributed by atoms with Crippen molar-refractivity contribution >= 4 is 17.5 Å². The van der Waals surface area contributed by atoms with Crippen LogP contribution in [0.5, 0.6) is 0 Å². The molecule has 1 fully saturated rings. The molecule has 0 aliphatic carbocycles. The summed E-state index contributed by atoms with van der Waals surface area (Å²) in [7, 11) is 0. The van der Waals surface area contributed by atoms with Crippen molar-refractivity contribution in [2.75, 3.05) is 30.4 Å². The van der Waals surface area contributed by atoms with Gasteiger partial charge in [0.15, 0.2) is 11.6 Å². The number of hydrogen-bond donors (Lipinski definition) is 3. The third-order valence-electron chi connectivity index (χ3n) is 4.19. The molecule has 1 aliphatic rings. The Balaban J connectivity index is 2.17. The Bertz CT molecular complexity index is 905. The lowest BCUT2D eigenvalue weighted by Crippen LogP contribution is -2.44. The van der Waals surface area contributed by atoms with Crippen LogP contribution < -0.4 is 16.4 Å². The maximum atomic E-state index is 13.5. The number of hydrogen-bond acceptors (Lipinski definition) is 9. The number of ether oxygens (including phenoxy) is 1. The maximum absolute atomic E-state index is 13.5. The number of nitrogens with zero attached hydrogens (tertiary/aromatic N) is 5. The molecular weight excluding hydrogens is 370 g/mol. The molecule has 1 aliphatic heterocycles. The minimum absolute atomic E-state index is 0.0115. The third-order valence-corrected chi connectivity index (χ3v) is 4.19. The number of halogens is 2. The number of aromatic nitrogens is 4. The van der Waals surface area contributed by atoms with E-state index in [1.807, 2.05) is 11.8 Å². The Morgan fingerprint density at radius 1 is 1.39 bits per heavy atom. The largest absolute Gasteiger partial charge is 0.405 e. The van der Waals surface area contributed by atoms with Gasteiger partial charge in [0.25, 0.3) is 6.43 Å². The van der Waals surface area contributed by atoms with Gasteiger partial charge >= 0.3 is 0 Å². The van der Waals surface area contributed by atoms with E-state index in [9.17, 15) is 8.78 Å². The Labute approximate surface area is 160 Å². The first kappa shape index (κ1) is 19.5. The Morgan fingerprint density at radius 3 is 2.86 bits per heavy atom. The molecule has 3 rings (SSSR count). The fourth-order valence-corrected chi connectivity index (χ4v) is 2.78. The molecule has 0 aromatic carbocycles. The van der Waals surface area contributed by atoms with Gasteiger partial charge in [0.2, 0.25) is 5.95 Å². The molecule has 2 aromatic rings. The van der Waals surface area contributed by atoms with Crippen LogP contribution >= 0.6 is 0 Å². The van der Waals surface area contributed by atoms with Crippen LogP contribution in [0.1, 0.15) is 24.7 Å². The summed E-state index contributed by atoms with van der Waals surface area (Å²) in [6, 6.07) is 1.06. The lowest BCUT2D eigenvalue weighted by atomic mass is 10.1. The number of anilines is 2. The Kier molecular flexibility index (Phi) is 5.73. The van der Waals surface area contributed by atoms with Gasteiger partial charge in [0, 0.05) is 23.9 Å². The van der Waals surface area contributed by atoms with E-state index in [-0.39, 0.29) is 46.3 Å². The number of pyridine rings is 1. The average Bonchev–Trinajstić information content (AvgIpc) is 2.68. The highest BCUT2D eigenvalue weighted by Crippen LogP contribution is 2.31. The van der Waals surface area contributed by atoms with Gasteiger partial charge in [-0.25, -0.2) is 18.7 Å². The number of nitrogens with two attached hydrogens (primary N) is 2. The number of morpholine rings is 1. The van der Waals surface area contributed by atoms with Crippen LogP contribution in [0.15, 0.2) is 24.5 Å². The fourth-order valence-electron chi connectivity index (χ4n) is 2.78. The molecule has 3 heterocycles. The summed E-state index contributed by atoms with van der Waals surface area (Å²) in [4.78, 5) is 18.7. The maximum Gasteiger partial charge on any atom is 0.264 e. The summed E-state index contributed by atoms with van der Waals surface area (Å²) < 4.78 is 32.5. The van der Waals surface area contributed by atoms with Crippen molar-refractivity contribution in [1.29, 1.82) is 5.41 Å². The average molecular weight is 390 g/mol. The molecule has 0 bridgehead atoms. The number of alkyl halides is 2. The van der Waals surface area contributed by atoms with E-state index >= 15 is 0 Å². The second-order valence-electron chi connectivity index (χ2n) is 6.17. The van der Waals surface area contributed by atoms with Crippen LogP contribution in [0.2, 0.25) is 0 Å². The number of rotatable bonds is 5. The highest BCUT2D eigenvalue weighted by Gasteiger charge is 2.25. The molecule has 5 N–H and O–H groups in total. The van der Waals surface area contributed by atoms with Crippen molar-refractivity contribution in [3.8, 4) is 11.4 Å². The summed E-state index contributed by atoms with van der Waals surface area (Å²) in [6.07, 6.45) is 0.888. The molecule has 28 heavy (non-hydrogen) atoms. The molecule has 0 radical (unpaired) electrons. The third kappa shape index (κ3) is 4.03. The van der Waals surface area contributed by atoms with Crippen molar-refractivity contribution in [3.05, 3.63) is 35.9 Å². The van der Waals surface area contributed by atoms with Gasteiger partial charge in [-0.05, 0) is 25.3 Å². The first-order valence-corrected chi connectivity index (χ1v) is 8.52. The first-order valence-electron chi connectivity index (χ1n) is 8.52. The molecule has 148 valence electrons. The monoisotopic (exact) mass is 390 g/mol. The lowest BCUT2D eigenvalue weighted by molar-refractivity contribution is 0.0980. The van der Waals surface area contributed by atoms with Gasteiger partial charge in [-0.1, -0.05) is 0 Å². The topological polar surface area (TPSA) is 140 Å². The van der Waals surface area contributed by atoms with Crippen molar-refractivity contribution in [2.45, 2.75) is 19.4 Å². The number of nitrogens with one attached hydrogen (secondary N) is 1. The molecular formula is C17H20F2N8O. The van der Waals surface area contributed by atoms with E-state index in [1.165, 1.54) is 18.5 Å². The number of nitrogen functional groups attached to an aromatic ring is 1. The van der Waals surface area contributed by atoms with Crippen molar-refractivity contribution in [1.82, 2.24) is 19.9 Å². The van der Waals surface area contributed by atoms with Gasteiger partial charge in [0.05, 0.1) is 19.3 Å². The van der Waals surface area contributed by atoms with Gasteiger partial charge in [0.1, 0.15) is 11.5 Å². The molecule has 9 nitrogen and oxygen atoms in total. The van der Waals surface area contributed by atoms with E-state index < -0.39 is 6.43 Å². The molecule has 2 aromatic heterocycles. The minimum atomic E-state index is -2.80. The van der Waals surface area contributed by atoms with Crippen molar-refractivity contribution in [3.63, 3.8) is 0 Å². The Hall–Kier alpha value is -3.21. The quantitative estimate of drug-likeness (QED) is 0.653. The van der Waals surface area contributed by atoms with Gasteiger partial charge in [-0.15, -0.1) is 0 Å². The summed E-state index contributed by atoms with van der Waals surface area (Å²) in [5.41, 5.74) is 10.5.